The first-order valence-corrected chi connectivity index (χ1v) is 6.49. The van der Waals surface area contributed by atoms with Crippen LogP contribution in [-0.2, 0) is 0 Å². The van der Waals surface area contributed by atoms with Crippen LogP contribution in [0, 0.1) is 0 Å². The van der Waals surface area contributed by atoms with E-state index < -0.39 is 0 Å². The second kappa shape index (κ2) is 5.58. The van der Waals surface area contributed by atoms with Crippen molar-refractivity contribution in [2.24, 2.45) is 5.10 Å². The molecular weight excluding hydrogens is 398 g/mol. The van der Waals surface area contributed by atoms with Crippen molar-refractivity contribution in [2.45, 2.75) is 0 Å². The van der Waals surface area contributed by atoms with Crippen LogP contribution >= 0.6 is 60.6 Å². The number of hydrazone groups is 1. The molecule has 2 rings (SSSR count). The second-order valence-electron chi connectivity index (χ2n) is 2.62. The van der Waals surface area contributed by atoms with Crippen molar-refractivity contribution in [3.8, 4) is 0 Å². The molecule has 0 unspecified atom stereocenters. The lowest BCUT2D eigenvalue weighted by Crippen LogP contribution is -2.34. The third kappa shape index (κ3) is 2.37. The molecule has 0 bridgehead atoms. The number of nitrogens with zero attached hydrogens (tertiary/aromatic N) is 2. The van der Waals surface area contributed by atoms with Gasteiger partial charge in [-0.3, -0.25) is 5.43 Å². The van der Waals surface area contributed by atoms with Crippen LogP contribution in [0.1, 0.15) is 0 Å². The van der Waals surface area contributed by atoms with Gasteiger partial charge in [0.25, 0.3) is 0 Å². The fourth-order valence-electron chi connectivity index (χ4n) is 1.15. The Bertz CT molecular complexity index is 313. The summed E-state index contributed by atoms with van der Waals surface area (Å²) in [4.78, 5) is 6.00. The van der Waals surface area contributed by atoms with Crippen molar-refractivity contribution in [3.63, 3.8) is 0 Å². The van der Waals surface area contributed by atoms with E-state index in [0.717, 1.165) is 23.2 Å². The Morgan fingerprint density at radius 1 is 1.43 bits per heavy atom. The topological polar surface area (TPSA) is 27.6 Å². The first-order valence-electron chi connectivity index (χ1n) is 3.67. The molecule has 2 aliphatic rings. The predicted molar refractivity (Wildman–Crippen MR) is 74.1 cm³/mol. The molecule has 2 heterocycles. The molecule has 0 aromatic heterocycles. The van der Waals surface area contributed by atoms with Crippen LogP contribution in [0.25, 0.3) is 0 Å². The fourth-order valence-corrected chi connectivity index (χ4v) is 2.99. The molecule has 0 spiro atoms. The zero-order valence-electron chi connectivity index (χ0n) is 7.04. The summed E-state index contributed by atoms with van der Waals surface area (Å²) in [6.07, 6.45) is 0. The van der Waals surface area contributed by atoms with Gasteiger partial charge in [0.2, 0.25) is 0 Å². The summed E-state index contributed by atoms with van der Waals surface area (Å²) in [5.74, 6) is 0.987. The van der Waals surface area contributed by atoms with Crippen LogP contribution in [-0.4, -0.2) is 22.4 Å². The Hall–Kier alpha value is 0.540. The minimum Gasteiger partial charge on any atom is -0.316 e. The maximum absolute atomic E-state index is 4.24. The van der Waals surface area contributed by atoms with E-state index in [1.807, 2.05) is 9.97 Å². The summed E-state index contributed by atoms with van der Waals surface area (Å²) in [6.45, 7) is 0.856. The van der Waals surface area contributed by atoms with Gasteiger partial charge in [0.1, 0.15) is 0 Å². The van der Waals surface area contributed by atoms with Crippen molar-refractivity contribution in [3.05, 3.63) is 21.4 Å². The average Bonchev–Trinajstić information content (AvgIpc) is 2.59. The van der Waals surface area contributed by atoms with Crippen molar-refractivity contribution in [1.82, 2.24) is 10.3 Å². The van der Waals surface area contributed by atoms with Crippen molar-refractivity contribution in [2.75, 3.05) is 12.3 Å². The molecule has 2 aliphatic heterocycles. The third-order valence-electron chi connectivity index (χ3n) is 1.81. The molecule has 14 heavy (non-hydrogen) atoms. The number of rotatable bonds is 0. The Morgan fingerprint density at radius 2 is 2.21 bits per heavy atom. The molecular formula is C7H8Br3N3S. The van der Waals surface area contributed by atoms with E-state index in [2.05, 4.69) is 47.3 Å². The van der Waals surface area contributed by atoms with E-state index >= 15 is 0 Å². The summed E-state index contributed by atoms with van der Waals surface area (Å²) in [6, 6.07) is 0. The maximum Gasteiger partial charge on any atom is 0.188 e. The lowest BCUT2D eigenvalue weighted by Gasteiger charge is -2.24. The second-order valence-corrected chi connectivity index (χ2v) is 4.47. The summed E-state index contributed by atoms with van der Waals surface area (Å²) in [5.41, 5.74) is 5.31. The quantitative estimate of drug-likeness (QED) is 0.671. The van der Waals surface area contributed by atoms with Gasteiger partial charge in [0, 0.05) is 21.4 Å². The smallest absolute Gasteiger partial charge is 0.188 e. The molecule has 0 aliphatic carbocycles. The van der Waals surface area contributed by atoms with E-state index in [4.69, 9.17) is 0 Å². The molecule has 0 amide bonds. The Morgan fingerprint density at radius 3 is 2.86 bits per heavy atom. The number of hydrogen-bond acceptors (Lipinski definition) is 4. The Labute approximate surface area is 114 Å². The van der Waals surface area contributed by atoms with Crippen LogP contribution in [0.2, 0.25) is 0 Å². The molecule has 78 valence electrons. The van der Waals surface area contributed by atoms with Gasteiger partial charge in [-0.1, -0.05) is 43.6 Å². The Balaban J connectivity index is 0.000000980. The van der Waals surface area contributed by atoms with Gasteiger partial charge in [-0.2, -0.15) is 0 Å². The molecule has 1 N–H and O–H groups in total. The van der Waals surface area contributed by atoms with Gasteiger partial charge < -0.3 is 4.90 Å². The molecule has 0 radical (unpaired) electrons. The van der Waals surface area contributed by atoms with E-state index in [9.17, 15) is 0 Å². The van der Waals surface area contributed by atoms with Gasteiger partial charge in [-0.15, -0.1) is 22.1 Å². The predicted octanol–water partition coefficient (Wildman–Crippen LogP) is 2.96. The molecule has 0 atom stereocenters. The minimum absolute atomic E-state index is 0. The molecule has 0 aromatic rings. The minimum atomic E-state index is 0. The van der Waals surface area contributed by atoms with Crippen LogP contribution in [0.3, 0.4) is 0 Å². The number of hydrogen-bond donors (Lipinski definition) is 1. The van der Waals surface area contributed by atoms with Crippen LogP contribution in [0.15, 0.2) is 26.5 Å². The van der Waals surface area contributed by atoms with Gasteiger partial charge in [0.15, 0.2) is 5.17 Å². The monoisotopic (exact) mass is 403 g/mol. The average molecular weight is 406 g/mol. The van der Waals surface area contributed by atoms with Crippen LogP contribution < -0.4 is 5.43 Å². The highest BCUT2D eigenvalue weighted by Crippen LogP contribution is 2.30. The fraction of sp³-hybridized carbons (Fsp3) is 0.286. The molecule has 1 fully saturated rings. The number of amidine groups is 1. The van der Waals surface area contributed by atoms with E-state index in [-0.39, 0.29) is 17.0 Å². The zero-order valence-corrected chi connectivity index (χ0v) is 12.7. The normalized spacial score (nSPS) is 25.6. The highest BCUT2D eigenvalue weighted by atomic mass is 79.9. The largest absolute Gasteiger partial charge is 0.316 e. The first kappa shape index (κ1) is 12.6. The lowest BCUT2D eigenvalue weighted by molar-refractivity contribution is 0.528. The summed E-state index contributed by atoms with van der Waals surface area (Å²) in [5, 5.41) is 5.28. The molecule has 0 aromatic carbocycles. The molecule has 0 saturated carbocycles. The highest BCUT2D eigenvalue weighted by Gasteiger charge is 2.27. The van der Waals surface area contributed by atoms with Crippen molar-refractivity contribution >= 4 is 65.8 Å². The van der Waals surface area contributed by atoms with Crippen molar-refractivity contribution < 1.29 is 0 Å². The van der Waals surface area contributed by atoms with E-state index in [1.165, 1.54) is 5.70 Å². The standard InChI is InChI=1S/C7H7Br2N3S.BrH/c8-1-5-3-12-6(2-9)4-13-7(12)11-10-5;/h1-2,10H,3-4H2;1H. The first-order chi connectivity index (χ1) is 6.35. The van der Waals surface area contributed by atoms with E-state index in [0.29, 0.717) is 0 Å². The number of nitrogens with one attached hydrogen (secondary N) is 1. The number of thioether (sulfide) groups is 1. The third-order valence-corrected chi connectivity index (χ3v) is 3.90. The Kier molecular flexibility index (Phi) is 5.02. The van der Waals surface area contributed by atoms with E-state index in [1.54, 1.807) is 11.8 Å². The molecule has 1 saturated heterocycles. The zero-order chi connectivity index (χ0) is 9.26. The van der Waals surface area contributed by atoms with Gasteiger partial charge in [-0.05, 0) is 0 Å². The number of fused-ring (bicyclic) bond motifs is 1. The summed E-state index contributed by atoms with van der Waals surface area (Å²) in [7, 11) is 0. The van der Waals surface area contributed by atoms with Gasteiger partial charge in [0.05, 0.1) is 12.2 Å². The highest BCUT2D eigenvalue weighted by molar-refractivity contribution is 9.11. The number of halogens is 3. The van der Waals surface area contributed by atoms with Gasteiger partial charge in [-0.25, -0.2) is 0 Å². The maximum atomic E-state index is 4.24. The SMILES string of the molecule is Br.BrC=C1CN2C(=CBr)CSC2=NN1. The molecule has 3 nitrogen and oxygen atoms in total. The summed E-state index contributed by atoms with van der Waals surface area (Å²) < 4.78 is 0. The summed E-state index contributed by atoms with van der Waals surface area (Å²) >= 11 is 8.39. The van der Waals surface area contributed by atoms with Gasteiger partial charge >= 0.3 is 0 Å². The lowest BCUT2D eigenvalue weighted by atomic mass is 10.4. The van der Waals surface area contributed by atoms with Crippen LogP contribution in [0.4, 0.5) is 0 Å². The van der Waals surface area contributed by atoms with Crippen molar-refractivity contribution in [1.29, 1.82) is 0 Å². The van der Waals surface area contributed by atoms with Crippen LogP contribution in [0.5, 0.6) is 0 Å². The molecule has 7 heteroatoms.